The Bertz CT molecular complexity index is 854. The Kier molecular flexibility index (Phi) is 4.32. The number of H-pyrrole nitrogens is 1. The van der Waals surface area contributed by atoms with Gasteiger partial charge in [0, 0.05) is 11.6 Å². The van der Waals surface area contributed by atoms with Crippen molar-refractivity contribution >= 4 is 23.3 Å². The molecule has 0 saturated heterocycles. The Hall–Kier alpha value is -2.72. The van der Waals surface area contributed by atoms with Gasteiger partial charge in [-0.05, 0) is 31.0 Å². The lowest BCUT2D eigenvalue weighted by Crippen LogP contribution is -2.36. The fourth-order valence-electron chi connectivity index (χ4n) is 2.25. The van der Waals surface area contributed by atoms with Gasteiger partial charge in [0.05, 0.1) is 28.5 Å². The lowest BCUT2D eigenvalue weighted by atomic mass is 9.96. The summed E-state index contributed by atoms with van der Waals surface area (Å²) in [4.78, 5) is 24.6. The second-order valence-corrected chi connectivity index (χ2v) is 5.90. The molecule has 3 rings (SSSR count). The molecular weight excluding hydrogens is 335 g/mol. The Morgan fingerprint density at radius 3 is 2.83 bits per heavy atom. The van der Waals surface area contributed by atoms with Crippen LogP contribution in [0.5, 0.6) is 0 Å². The second-order valence-electron chi connectivity index (χ2n) is 5.50. The molecular formula is C16H12ClFN4O2. The highest BCUT2D eigenvalue weighted by atomic mass is 35.5. The molecule has 1 saturated carbocycles. The van der Waals surface area contributed by atoms with Crippen molar-refractivity contribution in [1.29, 1.82) is 5.26 Å². The largest absolute Gasteiger partial charge is 0.352 e. The maximum atomic E-state index is 13.3. The molecule has 122 valence electrons. The number of nitrogens with zero attached hydrogens (tertiary/aromatic N) is 2. The summed E-state index contributed by atoms with van der Waals surface area (Å²) >= 11 is 5.76. The summed E-state index contributed by atoms with van der Waals surface area (Å²) in [7, 11) is 0. The standard InChI is InChI=1S/C16H12ClFN4O2/c17-12-5-8(1-4-13(12)18)14-11(7-20-22-14)15(23)10(6-19)16(24)21-9-2-3-9/h1,4-5,7,9-10H,2-3H2,(H,20,22)(H,21,24). The topological polar surface area (TPSA) is 98.6 Å². The van der Waals surface area contributed by atoms with Crippen molar-refractivity contribution in [3.63, 3.8) is 0 Å². The van der Waals surface area contributed by atoms with Gasteiger partial charge in [-0.2, -0.15) is 10.4 Å². The molecule has 1 fully saturated rings. The molecule has 2 N–H and O–H groups in total. The second kappa shape index (κ2) is 6.42. The Morgan fingerprint density at radius 2 is 2.21 bits per heavy atom. The molecule has 24 heavy (non-hydrogen) atoms. The Balaban J connectivity index is 1.90. The molecule has 1 aliphatic carbocycles. The lowest BCUT2D eigenvalue weighted by Gasteiger charge is -2.09. The number of ketones is 1. The van der Waals surface area contributed by atoms with E-state index in [2.05, 4.69) is 15.5 Å². The smallest absolute Gasteiger partial charge is 0.245 e. The maximum Gasteiger partial charge on any atom is 0.245 e. The number of hydrogen-bond acceptors (Lipinski definition) is 4. The van der Waals surface area contributed by atoms with Crippen molar-refractivity contribution in [3.8, 4) is 17.3 Å². The van der Waals surface area contributed by atoms with Crippen molar-refractivity contribution in [1.82, 2.24) is 15.5 Å². The normalized spacial score (nSPS) is 14.7. The molecule has 1 aromatic heterocycles. The monoisotopic (exact) mass is 346 g/mol. The number of benzene rings is 1. The molecule has 0 bridgehead atoms. The van der Waals surface area contributed by atoms with Gasteiger partial charge < -0.3 is 5.32 Å². The molecule has 0 aliphatic heterocycles. The van der Waals surface area contributed by atoms with E-state index < -0.39 is 23.4 Å². The average Bonchev–Trinajstić information content (AvgIpc) is 3.23. The predicted octanol–water partition coefficient (Wildman–Crippen LogP) is 2.47. The van der Waals surface area contributed by atoms with Gasteiger partial charge in [-0.3, -0.25) is 14.7 Å². The third-order valence-corrected chi connectivity index (χ3v) is 3.98. The van der Waals surface area contributed by atoms with E-state index in [4.69, 9.17) is 11.6 Å². The summed E-state index contributed by atoms with van der Waals surface area (Å²) in [6.45, 7) is 0. The van der Waals surface area contributed by atoms with Crippen molar-refractivity contribution in [2.24, 2.45) is 5.92 Å². The van der Waals surface area contributed by atoms with E-state index >= 15 is 0 Å². The first-order valence-corrected chi connectivity index (χ1v) is 7.62. The quantitative estimate of drug-likeness (QED) is 0.641. The highest BCUT2D eigenvalue weighted by Gasteiger charge is 2.33. The first-order chi connectivity index (χ1) is 11.5. The number of rotatable bonds is 5. The van der Waals surface area contributed by atoms with Gasteiger partial charge in [0.15, 0.2) is 11.7 Å². The number of Topliss-reactive ketones (excluding diaryl/α,β-unsaturated/α-hetero) is 1. The minimum absolute atomic E-state index is 0.0425. The van der Waals surface area contributed by atoms with E-state index in [1.165, 1.54) is 18.3 Å². The fourth-order valence-corrected chi connectivity index (χ4v) is 2.43. The molecule has 1 amide bonds. The van der Waals surface area contributed by atoms with Gasteiger partial charge in [0.1, 0.15) is 5.82 Å². The van der Waals surface area contributed by atoms with E-state index in [1.54, 1.807) is 6.07 Å². The molecule has 1 unspecified atom stereocenters. The van der Waals surface area contributed by atoms with Crippen molar-refractivity contribution in [3.05, 3.63) is 40.8 Å². The van der Waals surface area contributed by atoms with Crippen LogP contribution in [-0.2, 0) is 4.79 Å². The zero-order chi connectivity index (χ0) is 17.3. The van der Waals surface area contributed by atoms with Crippen LogP contribution in [0.2, 0.25) is 5.02 Å². The molecule has 1 atom stereocenters. The number of carbonyl (C=O) groups is 2. The van der Waals surface area contributed by atoms with Crippen LogP contribution in [0.4, 0.5) is 4.39 Å². The van der Waals surface area contributed by atoms with Gasteiger partial charge in [-0.25, -0.2) is 4.39 Å². The molecule has 8 heteroatoms. The molecule has 0 spiro atoms. The molecule has 2 aromatic rings. The number of carbonyl (C=O) groups excluding carboxylic acids is 2. The number of halogens is 2. The number of amides is 1. The van der Waals surface area contributed by atoms with Gasteiger partial charge in [-0.15, -0.1) is 0 Å². The van der Waals surface area contributed by atoms with Crippen molar-refractivity contribution in [2.75, 3.05) is 0 Å². The molecule has 1 aromatic carbocycles. The van der Waals surface area contributed by atoms with E-state index in [0.29, 0.717) is 5.56 Å². The third kappa shape index (κ3) is 3.14. The summed E-state index contributed by atoms with van der Waals surface area (Å²) in [6.07, 6.45) is 2.94. The minimum Gasteiger partial charge on any atom is -0.352 e. The van der Waals surface area contributed by atoms with Crippen LogP contribution >= 0.6 is 11.6 Å². The van der Waals surface area contributed by atoms with Crippen LogP contribution < -0.4 is 5.32 Å². The van der Waals surface area contributed by atoms with Crippen LogP contribution in [0, 0.1) is 23.1 Å². The molecule has 6 nitrogen and oxygen atoms in total. The van der Waals surface area contributed by atoms with Gasteiger partial charge in [0.25, 0.3) is 0 Å². The van der Waals surface area contributed by atoms with Crippen LogP contribution in [0.1, 0.15) is 23.2 Å². The molecule has 1 aliphatic rings. The van der Waals surface area contributed by atoms with Gasteiger partial charge >= 0.3 is 0 Å². The van der Waals surface area contributed by atoms with Crippen molar-refractivity contribution < 1.29 is 14.0 Å². The summed E-state index contributed by atoms with van der Waals surface area (Å²) in [5, 5.41) is 18.2. The van der Waals surface area contributed by atoms with Crippen LogP contribution in [0.3, 0.4) is 0 Å². The zero-order valence-electron chi connectivity index (χ0n) is 12.3. The Labute approximate surface area is 141 Å². The number of aromatic amines is 1. The molecule has 1 heterocycles. The number of nitriles is 1. The SMILES string of the molecule is N#CC(C(=O)NC1CC1)C(=O)c1cn[nH]c1-c1ccc(F)c(Cl)c1. The maximum absolute atomic E-state index is 13.3. The van der Waals surface area contributed by atoms with E-state index in [9.17, 15) is 19.2 Å². The summed E-state index contributed by atoms with van der Waals surface area (Å²) in [5.41, 5.74) is 0.790. The zero-order valence-corrected chi connectivity index (χ0v) is 13.1. The van der Waals surface area contributed by atoms with Crippen LogP contribution in [0.15, 0.2) is 24.4 Å². The minimum atomic E-state index is -1.46. The summed E-state index contributed by atoms with van der Waals surface area (Å²) in [5.74, 6) is -3.33. The summed E-state index contributed by atoms with van der Waals surface area (Å²) < 4.78 is 13.3. The van der Waals surface area contributed by atoms with E-state index in [0.717, 1.165) is 18.9 Å². The third-order valence-electron chi connectivity index (χ3n) is 3.69. The van der Waals surface area contributed by atoms with E-state index in [-0.39, 0.29) is 22.3 Å². The van der Waals surface area contributed by atoms with Crippen LogP contribution in [-0.4, -0.2) is 27.9 Å². The fraction of sp³-hybridized carbons (Fsp3) is 0.250. The van der Waals surface area contributed by atoms with Gasteiger partial charge in [0.2, 0.25) is 5.91 Å². The van der Waals surface area contributed by atoms with Crippen molar-refractivity contribution in [2.45, 2.75) is 18.9 Å². The lowest BCUT2D eigenvalue weighted by molar-refractivity contribution is -0.122. The molecule has 0 radical (unpaired) electrons. The highest BCUT2D eigenvalue weighted by molar-refractivity contribution is 6.31. The highest BCUT2D eigenvalue weighted by Crippen LogP contribution is 2.27. The Morgan fingerprint density at radius 1 is 1.46 bits per heavy atom. The van der Waals surface area contributed by atoms with Crippen LogP contribution in [0.25, 0.3) is 11.3 Å². The number of nitrogens with one attached hydrogen (secondary N) is 2. The number of hydrogen-bond donors (Lipinski definition) is 2. The van der Waals surface area contributed by atoms with E-state index in [1.807, 2.05) is 0 Å². The number of aromatic nitrogens is 2. The summed E-state index contributed by atoms with van der Waals surface area (Å²) in [6, 6.07) is 5.70. The average molecular weight is 347 g/mol. The predicted molar refractivity (Wildman–Crippen MR) is 83.6 cm³/mol. The first-order valence-electron chi connectivity index (χ1n) is 7.24. The first kappa shape index (κ1) is 16.1. The van der Waals surface area contributed by atoms with Gasteiger partial charge in [-0.1, -0.05) is 11.6 Å².